The second-order valence-electron chi connectivity index (χ2n) is 6.16. The minimum absolute atomic E-state index is 0.0988. The predicted molar refractivity (Wildman–Crippen MR) is 98.0 cm³/mol. The molecule has 0 aromatic heterocycles. The number of ether oxygens (including phenoxy) is 1. The monoisotopic (exact) mass is 372 g/mol. The van der Waals surface area contributed by atoms with Gasteiger partial charge < -0.3 is 15.2 Å². The lowest BCUT2D eigenvalue weighted by molar-refractivity contribution is -0.385. The molecule has 2 aromatic rings. The maximum absolute atomic E-state index is 12.6. The highest BCUT2D eigenvalue weighted by molar-refractivity contribution is 5.96. The van der Waals surface area contributed by atoms with E-state index < -0.39 is 23.4 Å². The van der Waals surface area contributed by atoms with Crippen LogP contribution in [0.2, 0.25) is 0 Å². The Labute approximate surface area is 155 Å². The molecule has 2 aromatic carbocycles. The molecule has 0 radical (unpaired) electrons. The molecule has 8 nitrogen and oxygen atoms in total. The van der Waals surface area contributed by atoms with Gasteiger partial charge >= 0.3 is 5.97 Å². The number of aliphatic carboxylic acids is 1. The van der Waals surface area contributed by atoms with E-state index in [0.717, 1.165) is 5.56 Å². The number of rotatable bonds is 7. The molecule has 8 heteroatoms. The van der Waals surface area contributed by atoms with Crippen LogP contribution in [0.5, 0.6) is 5.75 Å². The number of nitro benzene ring substituents is 1. The molecule has 0 aliphatic carbocycles. The Hall–Kier alpha value is -3.42. The molecular formula is C19H20N2O6. The van der Waals surface area contributed by atoms with Crippen LogP contribution in [-0.4, -0.2) is 28.5 Å². The minimum Gasteiger partial charge on any atom is -0.482 e. The summed E-state index contributed by atoms with van der Waals surface area (Å²) in [5, 5.41) is 22.5. The van der Waals surface area contributed by atoms with Crippen LogP contribution >= 0.6 is 0 Å². The average Bonchev–Trinajstić information content (AvgIpc) is 2.59. The van der Waals surface area contributed by atoms with Gasteiger partial charge in [-0.05, 0) is 50.1 Å². The normalized spacial score (nSPS) is 11.5. The van der Waals surface area contributed by atoms with Gasteiger partial charge in [0.1, 0.15) is 5.75 Å². The van der Waals surface area contributed by atoms with Gasteiger partial charge in [0, 0.05) is 17.2 Å². The molecule has 0 fully saturated rings. The SMILES string of the molecule is Cc1cc(C)c([N+](=O)[O-])cc1C(=O)NC(C)c1ccc(OCC(=O)O)cc1. The van der Waals surface area contributed by atoms with Crippen LogP contribution in [0.1, 0.15) is 40.0 Å². The van der Waals surface area contributed by atoms with E-state index in [1.807, 2.05) is 0 Å². The van der Waals surface area contributed by atoms with Crippen molar-refractivity contribution in [2.75, 3.05) is 6.61 Å². The van der Waals surface area contributed by atoms with Crippen LogP contribution in [0.25, 0.3) is 0 Å². The molecule has 0 heterocycles. The molecule has 2 rings (SSSR count). The number of benzene rings is 2. The van der Waals surface area contributed by atoms with Crippen molar-refractivity contribution in [2.24, 2.45) is 0 Å². The summed E-state index contributed by atoms with van der Waals surface area (Å²) in [6, 6.07) is 9.21. The van der Waals surface area contributed by atoms with Gasteiger partial charge in [-0.1, -0.05) is 12.1 Å². The van der Waals surface area contributed by atoms with Gasteiger partial charge in [0.15, 0.2) is 6.61 Å². The lowest BCUT2D eigenvalue weighted by atomic mass is 10.0. The van der Waals surface area contributed by atoms with Crippen LogP contribution in [0, 0.1) is 24.0 Å². The molecule has 0 aliphatic heterocycles. The van der Waals surface area contributed by atoms with Gasteiger partial charge in [-0.25, -0.2) is 4.79 Å². The fraction of sp³-hybridized carbons (Fsp3) is 0.263. The summed E-state index contributed by atoms with van der Waals surface area (Å²) in [6.45, 7) is 4.70. The molecule has 0 bridgehead atoms. The Morgan fingerprint density at radius 3 is 2.37 bits per heavy atom. The summed E-state index contributed by atoms with van der Waals surface area (Å²) < 4.78 is 5.06. The lowest BCUT2D eigenvalue weighted by Crippen LogP contribution is -2.27. The summed E-state index contributed by atoms with van der Waals surface area (Å²) >= 11 is 0. The van der Waals surface area contributed by atoms with Crippen LogP contribution in [0.4, 0.5) is 5.69 Å². The maximum atomic E-state index is 12.6. The van der Waals surface area contributed by atoms with Gasteiger partial charge in [0.05, 0.1) is 11.0 Å². The molecule has 2 N–H and O–H groups in total. The van der Waals surface area contributed by atoms with Crippen molar-refractivity contribution in [1.82, 2.24) is 5.32 Å². The minimum atomic E-state index is -1.07. The van der Waals surface area contributed by atoms with Crippen molar-refractivity contribution in [3.8, 4) is 5.75 Å². The van der Waals surface area contributed by atoms with Gasteiger partial charge in [-0.15, -0.1) is 0 Å². The first-order valence-corrected chi connectivity index (χ1v) is 8.20. The zero-order chi connectivity index (χ0) is 20.1. The zero-order valence-corrected chi connectivity index (χ0v) is 15.2. The molecule has 27 heavy (non-hydrogen) atoms. The highest BCUT2D eigenvalue weighted by atomic mass is 16.6. The summed E-state index contributed by atoms with van der Waals surface area (Å²) in [4.78, 5) is 33.7. The highest BCUT2D eigenvalue weighted by Gasteiger charge is 2.19. The topological polar surface area (TPSA) is 119 Å². The molecule has 1 unspecified atom stereocenters. The molecule has 1 atom stereocenters. The molecule has 142 valence electrons. The molecule has 0 aliphatic rings. The number of carboxylic acid groups (broad SMARTS) is 1. The van der Waals surface area contributed by atoms with E-state index >= 15 is 0 Å². The second kappa shape index (κ2) is 8.31. The third-order valence-corrected chi connectivity index (χ3v) is 4.07. The molecule has 0 saturated heterocycles. The van der Waals surface area contributed by atoms with E-state index in [1.54, 1.807) is 51.1 Å². The van der Waals surface area contributed by atoms with E-state index in [0.29, 0.717) is 16.9 Å². The summed E-state index contributed by atoms with van der Waals surface area (Å²) in [7, 11) is 0. The van der Waals surface area contributed by atoms with Crippen LogP contribution in [-0.2, 0) is 4.79 Å². The standard InChI is InChI=1S/C19H20N2O6/c1-11-8-12(2)17(21(25)26)9-16(11)19(24)20-13(3)14-4-6-15(7-5-14)27-10-18(22)23/h4-9,13H,10H2,1-3H3,(H,20,24)(H,22,23). The number of carboxylic acids is 1. The number of carbonyl (C=O) groups is 2. The highest BCUT2D eigenvalue weighted by Crippen LogP contribution is 2.24. The van der Waals surface area contributed by atoms with E-state index in [-0.39, 0.29) is 17.3 Å². The van der Waals surface area contributed by atoms with Crippen molar-refractivity contribution in [3.05, 3.63) is 68.8 Å². The Morgan fingerprint density at radius 2 is 1.81 bits per heavy atom. The Kier molecular flexibility index (Phi) is 6.12. The smallest absolute Gasteiger partial charge is 0.341 e. The quantitative estimate of drug-likeness (QED) is 0.569. The predicted octanol–water partition coefficient (Wildman–Crippen LogP) is 3.17. The van der Waals surface area contributed by atoms with Crippen molar-refractivity contribution < 1.29 is 24.4 Å². The van der Waals surface area contributed by atoms with Gasteiger partial charge in [-0.2, -0.15) is 0 Å². The zero-order valence-electron chi connectivity index (χ0n) is 15.2. The fourth-order valence-corrected chi connectivity index (χ4v) is 2.64. The number of amides is 1. The van der Waals surface area contributed by atoms with Crippen molar-refractivity contribution in [2.45, 2.75) is 26.8 Å². The fourth-order valence-electron chi connectivity index (χ4n) is 2.64. The second-order valence-corrected chi connectivity index (χ2v) is 6.16. The van der Waals surface area contributed by atoms with Crippen LogP contribution in [0.3, 0.4) is 0 Å². The Bertz CT molecular complexity index is 877. The first-order valence-electron chi connectivity index (χ1n) is 8.20. The third-order valence-electron chi connectivity index (χ3n) is 4.07. The number of nitro groups is 1. The molecule has 0 saturated carbocycles. The van der Waals surface area contributed by atoms with Crippen LogP contribution in [0.15, 0.2) is 36.4 Å². The number of nitrogens with zero attached hydrogens (tertiary/aromatic N) is 1. The summed E-state index contributed by atoms with van der Waals surface area (Å²) in [5.74, 6) is -1.07. The number of carbonyl (C=O) groups excluding carboxylic acids is 1. The lowest BCUT2D eigenvalue weighted by Gasteiger charge is -2.16. The number of hydrogen-bond donors (Lipinski definition) is 2. The molecule has 1 amide bonds. The summed E-state index contributed by atoms with van der Waals surface area (Å²) in [5.41, 5.74) is 2.09. The van der Waals surface area contributed by atoms with Crippen LogP contribution < -0.4 is 10.1 Å². The third kappa shape index (κ3) is 5.04. The largest absolute Gasteiger partial charge is 0.482 e. The Balaban J connectivity index is 2.12. The first-order chi connectivity index (χ1) is 12.7. The number of hydrogen-bond acceptors (Lipinski definition) is 5. The van der Waals surface area contributed by atoms with Gasteiger partial charge in [0.25, 0.3) is 11.6 Å². The number of nitrogens with one attached hydrogen (secondary N) is 1. The first kappa shape index (κ1) is 19.9. The van der Waals surface area contributed by atoms with Crippen molar-refractivity contribution >= 4 is 17.6 Å². The van der Waals surface area contributed by atoms with Crippen molar-refractivity contribution in [1.29, 1.82) is 0 Å². The van der Waals surface area contributed by atoms with E-state index in [1.165, 1.54) is 6.07 Å². The molecular weight excluding hydrogens is 352 g/mol. The van der Waals surface area contributed by atoms with Crippen molar-refractivity contribution in [3.63, 3.8) is 0 Å². The number of aryl methyl sites for hydroxylation is 2. The van der Waals surface area contributed by atoms with E-state index in [9.17, 15) is 19.7 Å². The van der Waals surface area contributed by atoms with E-state index in [4.69, 9.17) is 9.84 Å². The van der Waals surface area contributed by atoms with Gasteiger partial charge in [0.2, 0.25) is 0 Å². The van der Waals surface area contributed by atoms with Gasteiger partial charge in [-0.3, -0.25) is 14.9 Å². The molecule has 0 spiro atoms. The van der Waals surface area contributed by atoms with E-state index in [2.05, 4.69) is 5.32 Å². The maximum Gasteiger partial charge on any atom is 0.341 e. The summed E-state index contributed by atoms with van der Waals surface area (Å²) in [6.07, 6.45) is 0. The average molecular weight is 372 g/mol. The Morgan fingerprint density at radius 1 is 1.19 bits per heavy atom.